The quantitative estimate of drug-likeness (QED) is 0.410. The number of hydrogen-bond donors (Lipinski definition) is 0. The monoisotopic (exact) mass is 191 g/mol. The summed E-state index contributed by atoms with van der Waals surface area (Å²) in [6.07, 6.45) is 0.686. The highest BCUT2D eigenvalue weighted by molar-refractivity contribution is 5.63. The van der Waals surface area contributed by atoms with E-state index < -0.39 is 12.0 Å². The van der Waals surface area contributed by atoms with Crippen LogP contribution in [0.3, 0.4) is 0 Å². The highest BCUT2D eigenvalue weighted by atomic mass is 16.6. The van der Waals surface area contributed by atoms with Gasteiger partial charge in [-0.25, -0.2) is 0 Å². The molecule has 0 N–H and O–H groups in total. The summed E-state index contributed by atoms with van der Waals surface area (Å²) < 4.78 is 0. The summed E-state index contributed by atoms with van der Waals surface area (Å²) in [5.41, 5.74) is 0.881. The molecule has 72 valence electrons. The van der Waals surface area contributed by atoms with Crippen LogP contribution < -0.4 is 0 Å². The van der Waals surface area contributed by atoms with Crippen LogP contribution in [0.5, 0.6) is 0 Å². The molecule has 1 aliphatic carbocycles. The van der Waals surface area contributed by atoms with Crippen LogP contribution in [0.25, 0.3) is 0 Å². The predicted octanol–water partition coefficient (Wildman–Crippen LogP) is 1.24. The Bertz CT molecular complexity index is 363. The Morgan fingerprint density at radius 1 is 1.29 bits per heavy atom. The lowest BCUT2D eigenvalue weighted by atomic mass is 10.1. The van der Waals surface area contributed by atoms with Gasteiger partial charge in [-0.2, -0.15) is 0 Å². The van der Waals surface area contributed by atoms with Crippen molar-refractivity contribution in [3.63, 3.8) is 0 Å². The summed E-state index contributed by atoms with van der Waals surface area (Å²) in [6.45, 7) is 0. The molecule has 14 heavy (non-hydrogen) atoms. The molecule has 1 aromatic rings. The van der Waals surface area contributed by atoms with E-state index in [9.17, 15) is 14.9 Å². The van der Waals surface area contributed by atoms with E-state index in [1.54, 1.807) is 0 Å². The molecular weight excluding hydrogens is 182 g/mol. The molecule has 1 aliphatic rings. The molecule has 0 spiro atoms. The van der Waals surface area contributed by atoms with Crippen molar-refractivity contribution in [1.29, 1.82) is 0 Å². The van der Waals surface area contributed by atoms with Crippen LogP contribution in [0.15, 0.2) is 30.3 Å². The van der Waals surface area contributed by atoms with Gasteiger partial charge in [-0.1, -0.05) is 30.3 Å². The second-order valence-electron chi connectivity index (χ2n) is 3.43. The summed E-state index contributed by atoms with van der Waals surface area (Å²) in [4.78, 5) is 20.8. The molecule has 0 heterocycles. The van der Waals surface area contributed by atoms with E-state index in [1.165, 1.54) is 0 Å². The highest BCUT2D eigenvalue weighted by Gasteiger charge is 2.61. The van der Waals surface area contributed by atoms with Gasteiger partial charge >= 0.3 is 0 Å². The Kier molecular flexibility index (Phi) is 2.04. The number of nitro groups is 1. The zero-order chi connectivity index (χ0) is 10.1. The smallest absolute Gasteiger partial charge is 0.231 e. The first-order valence-electron chi connectivity index (χ1n) is 4.39. The summed E-state index contributed by atoms with van der Waals surface area (Å²) in [7, 11) is 0. The van der Waals surface area contributed by atoms with E-state index in [1.807, 2.05) is 30.3 Å². The van der Waals surface area contributed by atoms with Gasteiger partial charge in [-0.15, -0.1) is 0 Å². The van der Waals surface area contributed by atoms with Crippen molar-refractivity contribution in [1.82, 2.24) is 0 Å². The zero-order valence-electron chi connectivity index (χ0n) is 7.37. The first-order valence-corrected chi connectivity index (χ1v) is 4.39. The van der Waals surface area contributed by atoms with Gasteiger partial charge in [0.2, 0.25) is 6.04 Å². The Hall–Kier alpha value is -1.71. The normalized spacial score (nSPS) is 29.6. The molecule has 0 aliphatic heterocycles. The van der Waals surface area contributed by atoms with Gasteiger partial charge in [-0.05, 0) is 5.56 Å². The molecule has 1 saturated carbocycles. The number of rotatable bonds is 3. The van der Waals surface area contributed by atoms with Gasteiger partial charge in [0.15, 0.2) is 0 Å². The van der Waals surface area contributed by atoms with Gasteiger partial charge in [0.25, 0.3) is 0 Å². The Labute approximate surface area is 80.7 Å². The second-order valence-corrected chi connectivity index (χ2v) is 3.43. The van der Waals surface area contributed by atoms with Gasteiger partial charge in [0, 0.05) is 4.92 Å². The molecular formula is C10H9NO3. The molecule has 0 radical (unpaired) electrons. The van der Waals surface area contributed by atoms with Crippen LogP contribution in [-0.2, 0) is 4.79 Å². The fourth-order valence-electron chi connectivity index (χ4n) is 1.85. The average molecular weight is 191 g/mol. The molecule has 0 bridgehead atoms. The minimum absolute atomic E-state index is 0.219. The lowest BCUT2D eigenvalue weighted by Gasteiger charge is -1.94. The standard InChI is InChI=1S/C10H9NO3/c12-6-8-9(10(8)11(13)14)7-4-2-1-3-5-7/h1-6,8-10H/t8?,9-,10-/m1/s1. The van der Waals surface area contributed by atoms with Gasteiger partial charge in [-0.3, -0.25) is 10.1 Å². The summed E-state index contributed by atoms with van der Waals surface area (Å²) >= 11 is 0. The number of carbonyl (C=O) groups excluding carboxylic acids is 1. The maximum Gasteiger partial charge on any atom is 0.231 e. The van der Waals surface area contributed by atoms with Crippen LogP contribution in [0.1, 0.15) is 11.5 Å². The molecule has 1 unspecified atom stereocenters. The van der Waals surface area contributed by atoms with Crippen molar-refractivity contribution in [2.75, 3.05) is 0 Å². The third-order valence-corrected chi connectivity index (χ3v) is 2.62. The van der Waals surface area contributed by atoms with Crippen LogP contribution in [0, 0.1) is 16.0 Å². The van der Waals surface area contributed by atoms with Crippen molar-refractivity contribution in [2.24, 2.45) is 5.92 Å². The van der Waals surface area contributed by atoms with Crippen molar-refractivity contribution in [2.45, 2.75) is 12.0 Å². The molecule has 1 fully saturated rings. The minimum Gasteiger partial charge on any atom is -0.303 e. The van der Waals surface area contributed by atoms with Crippen LogP contribution in [-0.4, -0.2) is 17.3 Å². The maximum absolute atomic E-state index is 10.6. The van der Waals surface area contributed by atoms with Crippen molar-refractivity contribution in [3.05, 3.63) is 46.0 Å². The Morgan fingerprint density at radius 2 is 1.93 bits per heavy atom. The Morgan fingerprint density at radius 3 is 2.36 bits per heavy atom. The topological polar surface area (TPSA) is 60.2 Å². The number of carbonyl (C=O) groups is 1. The number of benzene rings is 1. The fourth-order valence-corrected chi connectivity index (χ4v) is 1.85. The predicted molar refractivity (Wildman–Crippen MR) is 49.5 cm³/mol. The molecule has 3 atom stereocenters. The van der Waals surface area contributed by atoms with Gasteiger partial charge in [0.05, 0.1) is 11.8 Å². The lowest BCUT2D eigenvalue weighted by Crippen LogP contribution is -2.05. The molecule has 4 nitrogen and oxygen atoms in total. The zero-order valence-corrected chi connectivity index (χ0v) is 7.37. The van der Waals surface area contributed by atoms with Crippen LogP contribution in [0.2, 0.25) is 0 Å². The second kappa shape index (κ2) is 3.21. The van der Waals surface area contributed by atoms with Crippen molar-refractivity contribution < 1.29 is 9.72 Å². The van der Waals surface area contributed by atoms with E-state index in [0.717, 1.165) is 5.56 Å². The summed E-state index contributed by atoms with van der Waals surface area (Å²) in [5.74, 6) is -0.656. The van der Waals surface area contributed by atoms with E-state index in [2.05, 4.69) is 0 Å². The van der Waals surface area contributed by atoms with Gasteiger partial charge < -0.3 is 4.79 Å². The summed E-state index contributed by atoms with van der Waals surface area (Å²) in [5, 5.41) is 10.6. The van der Waals surface area contributed by atoms with E-state index >= 15 is 0 Å². The van der Waals surface area contributed by atoms with E-state index in [0.29, 0.717) is 6.29 Å². The average Bonchev–Trinajstić information content (AvgIpc) is 2.93. The number of nitrogens with zero attached hydrogens (tertiary/aromatic N) is 1. The van der Waals surface area contributed by atoms with Crippen molar-refractivity contribution in [3.8, 4) is 0 Å². The largest absolute Gasteiger partial charge is 0.303 e. The van der Waals surface area contributed by atoms with Crippen molar-refractivity contribution >= 4 is 6.29 Å². The first kappa shape index (κ1) is 8.87. The van der Waals surface area contributed by atoms with Crippen LogP contribution in [0.4, 0.5) is 0 Å². The SMILES string of the molecule is O=CC1[C@@H](c2ccccc2)[C@@H]1[N+](=O)[O-]. The third-order valence-electron chi connectivity index (χ3n) is 2.62. The lowest BCUT2D eigenvalue weighted by molar-refractivity contribution is -0.498. The fraction of sp³-hybridized carbons (Fsp3) is 0.300. The van der Waals surface area contributed by atoms with Gasteiger partial charge in [0.1, 0.15) is 6.29 Å². The minimum atomic E-state index is -0.713. The first-order chi connectivity index (χ1) is 6.75. The Balaban J connectivity index is 2.22. The molecule has 0 amide bonds. The third kappa shape index (κ3) is 1.28. The maximum atomic E-state index is 10.6. The molecule has 4 heteroatoms. The van der Waals surface area contributed by atoms with E-state index in [4.69, 9.17) is 0 Å². The molecule has 1 aromatic carbocycles. The summed E-state index contributed by atoms with van der Waals surface area (Å²) in [6, 6.07) is 8.44. The number of aldehydes is 1. The van der Waals surface area contributed by atoms with E-state index in [-0.39, 0.29) is 10.8 Å². The van der Waals surface area contributed by atoms with Crippen LogP contribution >= 0.6 is 0 Å². The molecule has 2 rings (SSSR count). The molecule has 0 saturated heterocycles. The molecule has 0 aromatic heterocycles. The highest BCUT2D eigenvalue weighted by Crippen LogP contribution is 2.48. The number of hydrogen-bond acceptors (Lipinski definition) is 3.